The Labute approximate surface area is 96.5 Å². The predicted molar refractivity (Wildman–Crippen MR) is 47.1 cm³/mol. The zero-order chi connectivity index (χ0) is 10.8. The summed E-state index contributed by atoms with van der Waals surface area (Å²) in [5, 5.41) is 62.0. The van der Waals surface area contributed by atoms with E-state index in [1.807, 2.05) is 0 Å². The Kier molecular flexibility index (Phi) is 1700. The SMILES string of the molecule is O.O.O.O.O.O.OO.OO.OOOO.OOOO. The van der Waals surface area contributed by atoms with Crippen molar-refractivity contribution < 1.29 is 95.1 Å². The van der Waals surface area contributed by atoms with Gasteiger partial charge in [-0.15, -0.1) is 0 Å². The summed E-state index contributed by atoms with van der Waals surface area (Å²) < 4.78 is 0. The molecule has 0 aromatic rings. The second-order valence-electron chi connectivity index (χ2n) is 0.298. The van der Waals surface area contributed by atoms with Crippen molar-refractivity contribution in [2.45, 2.75) is 0 Å². The first-order chi connectivity index (χ1) is 5.83. The van der Waals surface area contributed by atoms with E-state index in [4.69, 9.17) is 42.1 Å². The van der Waals surface area contributed by atoms with E-state index in [0.29, 0.717) is 0 Å². The monoisotopic (exact) mass is 308 g/mol. The van der Waals surface area contributed by atoms with Crippen LogP contribution in [0.25, 0.3) is 0 Å². The van der Waals surface area contributed by atoms with Crippen molar-refractivity contribution in [2.24, 2.45) is 0 Å². The summed E-state index contributed by atoms with van der Waals surface area (Å²) in [6.45, 7) is 0. The fraction of sp³-hybridized carbons (Fsp3) is 0. The molecule has 0 fully saturated rings. The van der Waals surface area contributed by atoms with Gasteiger partial charge in [0, 0.05) is 0 Å². The molecule has 0 saturated carbocycles. The molecule has 18 heavy (non-hydrogen) atoms. The van der Waals surface area contributed by atoms with Gasteiger partial charge >= 0.3 is 0 Å². The average molecular weight is 308 g/mol. The molecule has 0 spiro atoms. The van der Waals surface area contributed by atoms with Crippen molar-refractivity contribution in [2.75, 3.05) is 0 Å². The molecule has 0 amide bonds. The van der Waals surface area contributed by atoms with Gasteiger partial charge in [0.05, 0.1) is 0 Å². The van der Waals surface area contributed by atoms with Gasteiger partial charge in [0.25, 0.3) is 0 Å². The van der Waals surface area contributed by atoms with Crippen molar-refractivity contribution in [3.63, 3.8) is 0 Å². The molecule has 128 valence electrons. The Morgan fingerprint density at radius 3 is 0.389 bits per heavy atom. The van der Waals surface area contributed by atoms with Crippen LogP contribution in [0.15, 0.2) is 0 Å². The van der Waals surface area contributed by atoms with Gasteiger partial charge < -0.3 is 32.9 Å². The Balaban J connectivity index is -0.00000000554. The summed E-state index contributed by atoms with van der Waals surface area (Å²) in [6.07, 6.45) is 0. The molecule has 0 aliphatic carbocycles. The Morgan fingerprint density at radius 1 is 0.333 bits per heavy atom. The lowest BCUT2D eigenvalue weighted by atomic mass is 14.4. The number of hydrogen-bond donors (Lipinski definition) is 8. The molecular formula is H20O18. The molecular weight excluding hydrogens is 288 g/mol. The molecule has 0 aliphatic heterocycles. The highest BCUT2D eigenvalue weighted by atomic mass is 17.6. The molecule has 0 radical (unpaired) electrons. The summed E-state index contributed by atoms with van der Waals surface area (Å²) in [7, 11) is 0. The smallest absolute Gasteiger partial charge is 0.0395 e. The average Bonchev–Trinajstić information content (AvgIpc) is 2.23. The number of hydrogen-bond acceptors (Lipinski definition) is 12. The lowest BCUT2D eigenvalue weighted by Gasteiger charge is -1.71. The van der Waals surface area contributed by atoms with Crippen molar-refractivity contribution >= 4 is 0 Å². The minimum absolute atomic E-state index is 0. The van der Waals surface area contributed by atoms with Gasteiger partial charge in [-0.1, -0.05) is 0 Å². The largest absolute Gasteiger partial charge is 0.412 e. The molecule has 0 bridgehead atoms. The fourth-order valence-corrected chi connectivity index (χ4v) is 0. The highest BCUT2D eigenvalue weighted by molar-refractivity contribution is 2.64. The third-order valence-electron chi connectivity index (χ3n) is 0.0667. The van der Waals surface area contributed by atoms with Gasteiger partial charge in [0.1, 0.15) is 0 Å². The van der Waals surface area contributed by atoms with Crippen LogP contribution in [0, 0.1) is 0 Å². The first-order valence-electron chi connectivity index (χ1n) is 1.46. The summed E-state index contributed by atoms with van der Waals surface area (Å²) in [5.41, 5.74) is 0. The molecule has 0 heterocycles. The van der Waals surface area contributed by atoms with Gasteiger partial charge in [-0.05, 0) is 20.2 Å². The molecule has 18 nitrogen and oxygen atoms in total. The van der Waals surface area contributed by atoms with Crippen LogP contribution < -0.4 is 0 Å². The summed E-state index contributed by atoms with van der Waals surface area (Å²) in [6, 6.07) is 0. The fourth-order valence-electron chi connectivity index (χ4n) is 0. The zero-order valence-electron chi connectivity index (χ0n) is 8.21. The minimum Gasteiger partial charge on any atom is -0.412 e. The lowest BCUT2D eigenvalue weighted by molar-refractivity contribution is -0.611. The Bertz CT molecular complexity index is 8.00. The quantitative estimate of drug-likeness (QED) is 0.175. The van der Waals surface area contributed by atoms with Crippen LogP contribution in [0.4, 0.5) is 0 Å². The standard InChI is InChI=1S/2H2O4.2H2O2.6H2O/c2*1-3-4-2;2*1-2;;;;;;/h2*1-2H;2*1-2H;6*1H2. The van der Waals surface area contributed by atoms with Crippen molar-refractivity contribution in [3.8, 4) is 0 Å². The van der Waals surface area contributed by atoms with Crippen LogP contribution in [0.3, 0.4) is 0 Å². The maximum Gasteiger partial charge on any atom is -0.0395 e. The third-order valence-corrected chi connectivity index (χ3v) is 0.0667. The second kappa shape index (κ2) is 353. The predicted octanol–water partition coefficient (Wildman–Crippen LogP) is -5.15. The van der Waals surface area contributed by atoms with Crippen LogP contribution >= 0.6 is 0 Å². The Morgan fingerprint density at radius 2 is 0.389 bits per heavy atom. The van der Waals surface area contributed by atoms with Crippen LogP contribution in [0.5, 0.6) is 0 Å². The maximum atomic E-state index is 6.90. The van der Waals surface area contributed by atoms with E-state index in [1.165, 1.54) is 0 Å². The third kappa shape index (κ3) is 1900. The molecule has 0 saturated heterocycles. The molecule has 0 unspecified atom stereocenters. The van der Waals surface area contributed by atoms with E-state index in [9.17, 15) is 0 Å². The zero-order valence-corrected chi connectivity index (χ0v) is 8.21. The summed E-state index contributed by atoms with van der Waals surface area (Å²) in [4.78, 5) is 0. The summed E-state index contributed by atoms with van der Waals surface area (Å²) in [5.74, 6) is 0. The number of rotatable bonds is 2. The topological polar surface area (TPSA) is 388 Å². The minimum atomic E-state index is 0. The van der Waals surface area contributed by atoms with E-state index in [1.54, 1.807) is 0 Å². The van der Waals surface area contributed by atoms with Gasteiger partial charge in [0.2, 0.25) is 0 Å². The molecule has 0 rings (SSSR count). The second-order valence-corrected chi connectivity index (χ2v) is 0.298. The van der Waals surface area contributed by atoms with E-state index in [-0.39, 0.29) is 32.9 Å². The van der Waals surface area contributed by atoms with Crippen LogP contribution in [-0.4, -0.2) is 74.9 Å². The van der Waals surface area contributed by atoms with Crippen LogP contribution in [-0.2, 0) is 20.2 Å². The summed E-state index contributed by atoms with van der Waals surface area (Å²) >= 11 is 0. The first-order valence-corrected chi connectivity index (χ1v) is 1.46. The van der Waals surface area contributed by atoms with E-state index < -0.39 is 0 Å². The van der Waals surface area contributed by atoms with Crippen LogP contribution in [0.2, 0.25) is 0 Å². The highest BCUT2D eigenvalue weighted by Gasteiger charge is 1.54. The van der Waals surface area contributed by atoms with Crippen molar-refractivity contribution in [1.82, 2.24) is 0 Å². The van der Waals surface area contributed by atoms with Gasteiger partial charge in [-0.25, -0.2) is 21.0 Å². The van der Waals surface area contributed by atoms with Gasteiger partial charge in [0.15, 0.2) is 0 Å². The van der Waals surface area contributed by atoms with Crippen molar-refractivity contribution in [3.05, 3.63) is 0 Å². The van der Waals surface area contributed by atoms with Crippen LogP contribution in [0.1, 0.15) is 0 Å². The molecule has 0 aromatic heterocycles. The maximum absolute atomic E-state index is 6.90. The van der Waals surface area contributed by atoms with E-state index in [2.05, 4.69) is 20.2 Å². The molecule has 18 heteroatoms. The first kappa shape index (κ1) is 86.4. The van der Waals surface area contributed by atoms with E-state index >= 15 is 0 Å². The normalized spacial score (nSPS) is 4.00. The van der Waals surface area contributed by atoms with Gasteiger partial charge in [-0.2, -0.15) is 0 Å². The Hall–Kier alpha value is -0.720. The van der Waals surface area contributed by atoms with Gasteiger partial charge in [-0.3, -0.25) is 21.0 Å². The molecule has 0 aliphatic rings. The molecule has 20 N–H and O–H groups in total. The molecule has 0 aromatic carbocycles. The van der Waals surface area contributed by atoms with Crippen molar-refractivity contribution in [1.29, 1.82) is 0 Å². The lowest BCUT2D eigenvalue weighted by Crippen LogP contribution is -1.75. The van der Waals surface area contributed by atoms with E-state index in [0.717, 1.165) is 0 Å². The molecule has 0 atom stereocenters. The highest BCUT2D eigenvalue weighted by Crippen LogP contribution is 1.50.